The van der Waals surface area contributed by atoms with Crippen molar-refractivity contribution in [2.24, 2.45) is 0 Å². The molecule has 0 saturated carbocycles. The molecule has 1 heterocycles. The van der Waals surface area contributed by atoms with Crippen LogP contribution in [0.5, 0.6) is 0 Å². The topological polar surface area (TPSA) is 56.1 Å². The van der Waals surface area contributed by atoms with Gasteiger partial charge in [-0.2, -0.15) is 5.26 Å². The van der Waals surface area contributed by atoms with Gasteiger partial charge in [0.2, 0.25) is 5.91 Å². The minimum absolute atomic E-state index is 0.0417. The van der Waals surface area contributed by atoms with Gasteiger partial charge in [-0.3, -0.25) is 4.79 Å². The van der Waals surface area contributed by atoms with Crippen molar-refractivity contribution in [3.63, 3.8) is 0 Å². The van der Waals surface area contributed by atoms with Gasteiger partial charge in [0.25, 0.3) is 0 Å². The average Bonchev–Trinajstić information content (AvgIpc) is 2.28. The zero-order valence-electron chi connectivity index (χ0n) is 8.45. The summed E-state index contributed by atoms with van der Waals surface area (Å²) in [5, 5.41) is 11.8. The van der Waals surface area contributed by atoms with Crippen LogP contribution in [0, 0.1) is 11.3 Å². The van der Waals surface area contributed by atoms with Gasteiger partial charge in [-0.25, -0.2) is 0 Å². The molecule has 1 aromatic rings. The van der Waals surface area contributed by atoms with Gasteiger partial charge in [0.05, 0.1) is 29.6 Å². The van der Waals surface area contributed by atoms with Crippen LogP contribution in [0.4, 0.5) is 11.4 Å². The summed E-state index contributed by atoms with van der Waals surface area (Å²) in [6, 6.07) is 7.39. The van der Waals surface area contributed by atoms with Crippen LogP contribution in [0.2, 0.25) is 0 Å². The molecule has 0 radical (unpaired) electrons. The van der Waals surface area contributed by atoms with Crippen LogP contribution in [0.25, 0.3) is 0 Å². The second kappa shape index (κ2) is 3.62. The Morgan fingerprint density at radius 2 is 2.40 bits per heavy atom. The standard InChI is InChI=1S/C11H11N3O/c1-2-14-10-5-8(6-12)3-4-9(10)13-7-11(14)15/h3-5,13H,2,7H2,1H3. The Bertz CT molecular complexity index is 448. The molecule has 0 atom stereocenters. The summed E-state index contributed by atoms with van der Waals surface area (Å²) >= 11 is 0. The number of nitriles is 1. The number of likely N-dealkylation sites (N-methyl/N-ethyl adjacent to an activating group) is 1. The Morgan fingerprint density at radius 1 is 1.60 bits per heavy atom. The van der Waals surface area contributed by atoms with Gasteiger partial charge in [0, 0.05) is 6.54 Å². The third-order valence-electron chi connectivity index (χ3n) is 2.46. The maximum Gasteiger partial charge on any atom is 0.246 e. The number of hydrogen-bond acceptors (Lipinski definition) is 3. The molecule has 0 aliphatic carbocycles. The summed E-state index contributed by atoms with van der Waals surface area (Å²) in [6.07, 6.45) is 0. The Morgan fingerprint density at radius 3 is 3.07 bits per heavy atom. The molecule has 1 aliphatic rings. The molecule has 0 spiro atoms. The van der Waals surface area contributed by atoms with Crippen molar-refractivity contribution >= 4 is 17.3 Å². The van der Waals surface area contributed by atoms with Crippen LogP contribution in [0.15, 0.2) is 18.2 Å². The fourth-order valence-corrected chi connectivity index (χ4v) is 1.72. The minimum atomic E-state index is 0.0417. The SMILES string of the molecule is CCN1C(=O)CNc2ccc(C#N)cc21. The molecule has 0 bridgehead atoms. The lowest BCUT2D eigenvalue weighted by molar-refractivity contribution is -0.117. The Kier molecular flexibility index (Phi) is 2.30. The van der Waals surface area contributed by atoms with Crippen LogP contribution in [0.1, 0.15) is 12.5 Å². The second-order valence-electron chi connectivity index (χ2n) is 3.34. The fraction of sp³-hybridized carbons (Fsp3) is 0.273. The van der Waals surface area contributed by atoms with Gasteiger partial charge in [-0.1, -0.05) is 0 Å². The predicted octanol–water partition coefficient (Wildman–Crippen LogP) is 1.34. The summed E-state index contributed by atoms with van der Waals surface area (Å²) in [4.78, 5) is 13.3. The Labute approximate surface area is 88.1 Å². The van der Waals surface area contributed by atoms with E-state index in [1.54, 1.807) is 17.0 Å². The van der Waals surface area contributed by atoms with Crippen molar-refractivity contribution in [2.45, 2.75) is 6.92 Å². The van der Waals surface area contributed by atoms with Gasteiger partial charge in [0.15, 0.2) is 0 Å². The van der Waals surface area contributed by atoms with Gasteiger partial charge in [-0.15, -0.1) is 0 Å². The summed E-state index contributed by atoms with van der Waals surface area (Å²) in [6.45, 7) is 2.88. The molecular weight excluding hydrogens is 190 g/mol. The van der Waals surface area contributed by atoms with E-state index in [9.17, 15) is 4.79 Å². The number of nitrogens with zero attached hydrogens (tertiary/aromatic N) is 2. The van der Waals surface area contributed by atoms with Crippen LogP contribution in [0.3, 0.4) is 0 Å². The zero-order chi connectivity index (χ0) is 10.8. The lowest BCUT2D eigenvalue weighted by Gasteiger charge is -2.29. The smallest absolute Gasteiger partial charge is 0.246 e. The van der Waals surface area contributed by atoms with Crippen LogP contribution < -0.4 is 10.2 Å². The summed E-state index contributed by atoms with van der Waals surface area (Å²) in [7, 11) is 0. The monoisotopic (exact) mass is 201 g/mol. The first-order valence-electron chi connectivity index (χ1n) is 4.84. The number of carbonyl (C=O) groups is 1. The highest BCUT2D eigenvalue weighted by Crippen LogP contribution is 2.29. The van der Waals surface area contributed by atoms with E-state index in [1.807, 2.05) is 13.0 Å². The first-order valence-corrected chi connectivity index (χ1v) is 4.84. The number of rotatable bonds is 1. The minimum Gasteiger partial charge on any atom is -0.374 e. The van der Waals surface area contributed by atoms with Gasteiger partial charge >= 0.3 is 0 Å². The van der Waals surface area contributed by atoms with E-state index < -0.39 is 0 Å². The molecule has 2 rings (SSSR count). The quantitative estimate of drug-likeness (QED) is 0.745. The first-order chi connectivity index (χ1) is 7.26. The van der Waals surface area contributed by atoms with E-state index in [4.69, 9.17) is 5.26 Å². The van der Waals surface area contributed by atoms with Crippen molar-refractivity contribution < 1.29 is 4.79 Å². The molecular formula is C11H11N3O. The molecule has 1 N–H and O–H groups in total. The normalized spacial score (nSPS) is 14.1. The molecule has 76 valence electrons. The number of carbonyl (C=O) groups excluding carboxylic acids is 1. The molecule has 1 amide bonds. The predicted molar refractivity (Wildman–Crippen MR) is 57.7 cm³/mol. The number of fused-ring (bicyclic) bond motifs is 1. The molecule has 0 unspecified atom stereocenters. The number of anilines is 2. The summed E-state index contributed by atoms with van der Waals surface area (Å²) < 4.78 is 0. The Hall–Kier alpha value is -2.02. The van der Waals surface area contributed by atoms with Crippen molar-refractivity contribution in [3.8, 4) is 6.07 Å². The van der Waals surface area contributed by atoms with Crippen molar-refractivity contribution in [1.82, 2.24) is 0 Å². The second-order valence-corrected chi connectivity index (χ2v) is 3.34. The molecule has 1 aliphatic heterocycles. The van der Waals surface area contributed by atoms with Crippen molar-refractivity contribution in [3.05, 3.63) is 23.8 Å². The summed E-state index contributed by atoms with van der Waals surface area (Å²) in [5.74, 6) is 0.0417. The van der Waals surface area contributed by atoms with Crippen LogP contribution in [-0.4, -0.2) is 19.0 Å². The van der Waals surface area contributed by atoms with E-state index >= 15 is 0 Å². The highest BCUT2D eigenvalue weighted by molar-refractivity contribution is 6.02. The maximum atomic E-state index is 11.6. The van der Waals surface area contributed by atoms with Crippen LogP contribution >= 0.6 is 0 Å². The van der Waals surface area contributed by atoms with E-state index in [-0.39, 0.29) is 5.91 Å². The fourth-order valence-electron chi connectivity index (χ4n) is 1.72. The van der Waals surface area contributed by atoms with E-state index in [0.717, 1.165) is 11.4 Å². The lowest BCUT2D eigenvalue weighted by atomic mass is 10.1. The van der Waals surface area contributed by atoms with Gasteiger partial charge < -0.3 is 10.2 Å². The third-order valence-corrected chi connectivity index (χ3v) is 2.46. The van der Waals surface area contributed by atoms with Crippen LogP contribution in [-0.2, 0) is 4.79 Å². The van der Waals surface area contributed by atoms with Crippen molar-refractivity contribution in [2.75, 3.05) is 23.3 Å². The highest BCUT2D eigenvalue weighted by Gasteiger charge is 2.22. The number of amides is 1. The molecule has 4 heteroatoms. The van der Waals surface area contributed by atoms with Gasteiger partial charge in [-0.05, 0) is 25.1 Å². The molecule has 1 aromatic carbocycles. The maximum absolute atomic E-state index is 11.6. The zero-order valence-corrected chi connectivity index (χ0v) is 8.45. The lowest BCUT2D eigenvalue weighted by Crippen LogP contribution is -2.39. The third kappa shape index (κ3) is 1.52. The Balaban J connectivity index is 2.51. The van der Waals surface area contributed by atoms with E-state index in [1.165, 1.54) is 0 Å². The molecule has 0 fully saturated rings. The molecule has 15 heavy (non-hydrogen) atoms. The number of hydrogen-bond donors (Lipinski definition) is 1. The molecule has 4 nitrogen and oxygen atoms in total. The molecule has 0 saturated heterocycles. The van der Waals surface area contributed by atoms with E-state index in [2.05, 4.69) is 11.4 Å². The first kappa shape index (κ1) is 9.53. The average molecular weight is 201 g/mol. The highest BCUT2D eigenvalue weighted by atomic mass is 16.2. The number of nitrogens with one attached hydrogen (secondary N) is 1. The largest absolute Gasteiger partial charge is 0.374 e. The number of benzene rings is 1. The molecule has 0 aromatic heterocycles. The van der Waals surface area contributed by atoms with Crippen molar-refractivity contribution in [1.29, 1.82) is 5.26 Å². The van der Waals surface area contributed by atoms with E-state index in [0.29, 0.717) is 18.7 Å². The summed E-state index contributed by atoms with van der Waals surface area (Å²) in [5.41, 5.74) is 2.28. The van der Waals surface area contributed by atoms with Gasteiger partial charge in [0.1, 0.15) is 0 Å².